The molecule has 0 saturated carbocycles. The Labute approximate surface area is 129 Å². The molecule has 0 atom stereocenters. The molecular weight excluding hydrogens is 292 g/mol. The Morgan fingerprint density at radius 1 is 1.40 bits per heavy atom. The van der Waals surface area contributed by atoms with E-state index in [2.05, 4.69) is 16.9 Å². The number of ether oxygens (including phenoxy) is 1. The third-order valence-electron chi connectivity index (χ3n) is 3.12. The van der Waals surface area contributed by atoms with Crippen molar-refractivity contribution >= 4 is 23.8 Å². The molecule has 2 aromatic rings. The average Bonchev–Trinajstić information content (AvgIpc) is 2.43. The summed E-state index contributed by atoms with van der Waals surface area (Å²) in [5, 5.41) is 0.661. The normalized spacial score (nSPS) is 10.6. The lowest BCUT2D eigenvalue weighted by atomic mass is 10.1. The Morgan fingerprint density at radius 3 is 2.80 bits per heavy atom. The van der Waals surface area contributed by atoms with Gasteiger partial charge in [0.05, 0.1) is 12.8 Å². The van der Waals surface area contributed by atoms with Crippen LogP contribution in [0.5, 0.6) is 5.75 Å². The lowest BCUT2D eigenvalue weighted by Crippen LogP contribution is -2.01. The first-order chi connectivity index (χ1) is 9.56. The summed E-state index contributed by atoms with van der Waals surface area (Å²) in [7, 11) is 1.64. The Bertz CT molecular complexity index is 682. The fourth-order valence-electron chi connectivity index (χ4n) is 2.08. The van der Waals surface area contributed by atoms with Crippen molar-refractivity contribution in [2.24, 2.45) is 0 Å². The van der Waals surface area contributed by atoms with Gasteiger partial charge in [0, 0.05) is 22.6 Å². The summed E-state index contributed by atoms with van der Waals surface area (Å²) in [5.41, 5.74) is 2.76. The number of aromatic nitrogens is 2. The zero-order valence-corrected chi connectivity index (χ0v) is 13.4. The van der Waals surface area contributed by atoms with Gasteiger partial charge in [0.1, 0.15) is 16.2 Å². The number of halogens is 1. The summed E-state index contributed by atoms with van der Waals surface area (Å²) < 4.78 is 6.03. The third-order valence-corrected chi connectivity index (χ3v) is 3.75. The highest BCUT2D eigenvalue weighted by molar-refractivity contribution is 7.71. The van der Waals surface area contributed by atoms with E-state index < -0.39 is 0 Å². The fourth-order valence-corrected chi connectivity index (χ4v) is 2.46. The van der Waals surface area contributed by atoms with Crippen molar-refractivity contribution in [3.63, 3.8) is 0 Å². The van der Waals surface area contributed by atoms with Gasteiger partial charge in [-0.25, -0.2) is 4.98 Å². The zero-order chi connectivity index (χ0) is 14.7. The molecule has 2 rings (SSSR count). The standard InChI is InChI=1S/C15H17ClN2OS/c1-4-5-13-17-14(9(2)15(20)18-13)11-8-10(16)6-7-12(11)19-3/h6-8H,4-5H2,1-3H3,(H,17,18,20). The van der Waals surface area contributed by atoms with Crippen molar-refractivity contribution in [1.29, 1.82) is 0 Å². The predicted molar refractivity (Wildman–Crippen MR) is 85.2 cm³/mol. The molecule has 0 fully saturated rings. The second-order valence-corrected chi connectivity index (χ2v) is 5.41. The van der Waals surface area contributed by atoms with E-state index in [0.717, 1.165) is 41.2 Å². The molecule has 5 heteroatoms. The number of nitrogens with zero attached hydrogens (tertiary/aromatic N) is 1. The van der Waals surface area contributed by atoms with Gasteiger partial charge in [-0.3, -0.25) is 0 Å². The van der Waals surface area contributed by atoms with Gasteiger partial charge >= 0.3 is 0 Å². The highest BCUT2D eigenvalue weighted by atomic mass is 35.5. The number of aromatic amines is 1. The molecule has 0 radical (unpaired) electrons. The van der Waals surface area contributed by atoms with Gasteiger partial charge in [-0.1, -0.05) is 30.7 Å². The van der Waals surface area contributed by atoms with E-state index >= 15 is 0 Å². The quantitative estimate of drug-likeness (QED) is 0.830. The van der Waals surface area contributed by atoms with Crippen molar-refractivity contribution in [2.45, 2.75) is 26.7 Å². The molecule has 0 unspecified atom stereocenters. The second-order valence-electron chi connectivity index (χ2n) is 4.58. The van der Waals surface area contributed by atoms with Crippen LogP contribution in [-0.2, 0) is 6.42 Å². The van der Waals surface area contributed by atoms with Crippen LogP contribution in [0.25, 0.3) is 11.3 Å². The number of rotatable bonds is 4. The zero-order valence-electron chi connectivity index (χ0n) is 11.8. The molecule has 3 nitrogen and oxygen atoms in total. The van der Waals surface area contributed by atoms with Crippen LogP contribution >= 0.6 is 23.8 Å². The van der Waals surface area contributed by atoms with E-state index in [-0.39, 0.29) is 0 Å². The average molecular weight is 309 g/mol. The van der Waals surface area contributed by atoms with Crippen molar-refractivity contribution in [3.8, 4) is 17.0 Å². The largest absolute Gasteiger partial charge is 0.496 e. The van der Waals surface area contributed by atoms with E-state index in [4.69, 9.17) is 28.6 Å². The third kappa shape index (κ3) is 3.02. The van der Waals surface area contributed by atoms with Crippen LogP contribution in [0, 0.1) is 11.6 Å². The summed E-state index contributed by atoms with van der Waals surface area (Å²) in [6, 6.07) is 5.54. The first-order valence-electron chi connectivity index (χ1n) is 6.50. The number of hydrogen-bond acceptors (Lipinski definition) is 3. The molecule has 0 aliphatic heterocycles. The summed E-state index contributed by atoms with van der Waals surface area (Å²) in [6.45, 7) is 4.06. The van der Waals surface area contributed by atoms with Gasteiger partial charge in [-0.15, -0.1) is 0 Å². The minimum Gasteiger partial charge on any atom is -0.496 e. The van der Waals surface area contributed by atoms with Gasteiger partial charge in [-0.05, 0) is 31.5 Å². The molecule has 0 aliphatic carbocycles. The monoisotopic (exact) mass is 308 g/mol. The minimum atomic E-state index is 0.615. The number of methoxy groups -OCH3 is 1. The molecule has 1 aromatic carbocycles. The van der Waals surface area contributed by atoms with Crippen LogP contribution in [0.2, 0.25) is 5.02 Å². The molecule has 1 N–H and O–H groups in total. The molecule has 1 aromatic heterocycles. The molecule has 0 aliphatic rings. The maximum atomic E-state index is 6.11. The highest BCUT2D eigenvalue weighted by Gasteiger charge is 2.12. The van der Waals surface area contributed by atoms with Gasteiger partial charge in [-0.2, -0.15) is 0 Å². The molecule has 20 heavy (non-hydrogen) atoms. The molecule has 0 amide bonds. The SMILES string of the molecule is CCCc1nc(=S)c(C)c(-c2cc(Cl)ccc2OC)[nH]1. The van der Waals surface area contributed by atoms with Crippen molar-refractivity contribution in [3.05, 3.63) is 39.3 Å². The van der Waals surface area contributed by atoms with Crippen molar-refractivity contribution < 1.29 is 4.74 Å². The smallest absolute Gasteiger partial charge is 0.133 e. The van der Waals surface area contributed by atoms with Gasteiger partial charge < -0.3 is 9.72 Å². The van der Waals surface area contributed by atoms with Gasteiger partial charge in [0.15, 0.2) is 0 Å². The van der Waals surface area contributed by atoms with E-state index in [1.54, 1.807) is 7.11 Å². The summed E-state index contributed by atoms with van der Waals surface area (Å²) in [4.78, 5) is 7.77. The minimum absolute atomic E-state index is 0.615. The summed E-state index contributed by atoms with van der Waals surface area (Å²) >= 11 is 11.5. The summed E-state index contributed by atoms with van der Waals surface area (Å²) in [5.74, 6) is 1.65. The van der Waals surface area contributed by atoms with Crippen LogP contribution in [0.1, 0.15) is 24.7 Å². The molecule has 1 heterocycles. The van der Waals surface area contributed by atoms with E-state index in [1.165, 1.54) is 0 Å². The Balaban J connectivity index is 2.68. The van der Waals surface area contributed by atoms with Crippen LogP contribution in [0.3, 0.4) is 0 Å². The molecule has 0 bridgehead atoms. The topological polar surface area (TPSA) is 37.9 Å². The number of benzene rings is 1. The maximum Gasteiger partial charge on any atom is 0.133 e. The Kier molecular flexibility index (Phi) is 4.78. The number of nitrogens with one attached hydrogen (secondary N) is 1. The number of H-pyrrole nitrogens is 1. The van der Waals surface area contributed by atoms with E-state index in [1.807, 2.05) is 25.1 Å². The van der Waals surface area contributed by atoms with Gasteiger partial charge in [0.25, 0.3) is 0 Å². The lowest BCUT2D eigenvalue weighted by molar-refractivity contribution is 0.416. The van der Waals surface area contributed by atoms with Crippen LogP contribution in [0.15, 0.2) is 18.2 Å². The highest BCUT2D eigenvalue weighted by Crippen LogP contribution is 2.33. The fraction of sp³-hybridized carbons (Fsp3) is 0.333. The number of hydrogen-bond donors (Lipinski definition) is 1. The van der Waals surface area contributed by atoms with E-state index in [9.17, 15) is 0 Å². The molecule has 0 spiro atoms. The second kappa shape index (κ2) is 6.37. The predicted octanol–water partition coefficient (Wildman–Crippen LogP) is 4.73. The Hall–Kier alpha value is -1.39. The maximum absolute atomic E-state index is 6.11. The number of aryl methyl sites for hydroxylation is 1. The first kappa shape index (κ1) is 15.0. The van der Waals surface area contributed by atoms with Crippen LogP contribution < -0.4 is 4.74 Å². The molecule has 0 saturated heterocycles. The van der Waals surface area contributed by atoms with E-state index in [0.29, 0.717) is 9.66 Å². The molecular formula is C15H17ClN2OS. The summed E-state index contributed by atoms with van der Waals surface area (Å²) in [6.07, 6.45) is 1.87. The van der Waals surface area contributed by atoms with Gasteiger partial charge in [0.2, 0.25) is 0 Å². The van der Waals surface area contributed by atoms with Crippen LogP contribution in [-0.4, -0.2) is 17.1 Å². The lowest BCUT2D eigenvalue weighted by Gasteiger charge is -2.13. The van der Waals surface area contributed by atoms with Crippen molar-refractivity contribution in [2.75, 3.05) is 7.11 Å². The molecule has 106 valence electrons. The van der Waals surface area contributed by atoms with Crippen LogP contribution in [0.4, 0.5) is 0 Å². The van der Waals surface area contributed by atoms with Crippen molar-refractivity contribution in [1.82, 2.24) is 9.97 Å². The Morgan fingerprint density at radius 2 is 2.15 bits per heavy atom. The first-order valence-corrected chi connectivity index (χ1v) is 7.29.